The zero-order chi connectivity index (χ0) is 10.3. The molecule has 0 bridgehead atoms. The van der Waals surface area contributed by atoms with Crippen LogP contribution < -0.4 is 5.32 Å². The van der Waals surface area contributed by atoms with Gasteiger partial charge in [0, 0.05) is 11.2 Å². The summed E-state index contributed by atoms with van der Waals surface area (Å²) in [7, 11) is 0. The molecular formula is C13H19N. The number of aryl methyl sites for hydroxylation is 1. The number of hydrogen-bond acceptors (Lipinski definition) is 1. The van der Waals surface area contributed by atoms with Crippen LogP contribution in [0.1, 0.15) is 31.9 Å². The van der Waals surface area contributed by atoms with Gasteiger partial charge in [-0.25, -0.2) is 0 Å². The third-order valence-corrected chi connectivity index (χ3v) is 3.48. The number of rotatable bonds is 0. The normalized spacial score (nSPS) is 23.9. The lowest BCUT2D eigenvalue weighted by Gasteiger charge is -2.39. The molecule has 1 aromatic rings. The summed E-state index contributed by atoms with van der Waals surface area (Å²) in [6.07, 6.45) is 1.19. The van der Waals surface area contributed by atoms with E-state index in [0.717, 1.165) is 0 Å². The molecule has 1 atom stereocenters. The van der Waals surface area contributed by atoms with Gasteiger partial charge in [-0.2, -0.15) is 0 Å². The van der Waals surface area contributed by atoms with E-state index >= 15 is 0 Å². The van der Waals surface area contributed by atoms with Crippen LogP contribution in [-0.4, -0.2) is 5.54 Å². The molecule has 1 aliphatic rings. The van der Waals surface area contributed by atoms with Gasteiger partial charge < -0.3 is 5.32 Å². The molecule has 76 valence electrons. The molecule has 0 fully saturated rings. The second kappa shape index (κ2) is 3.01. The average Bonchev–Trinajstić information content (AvgIpc) is 2.07. The monoisotopic (exact) mass is 189 g/mol. The predicted molar refractivity (Wildman–Crippen MR) is 61.7 cm³/mol. The fourth-order valence-corrected chi connectivity index (χ4v) is 2.04. The molecule has 1 heterocycles. The van der Waals surface area contributed by atoms with Gasteiger partial charge in [0.05, 0.1) is 0 Å². The summed E-state index contributed by atoms with van der Waals surface area (Å²) >= 11 is 0. The minimum Gasteiger partial charge on any atom is -0.380 e. The number of hydrogen-bond donors (Lipinski definition) is 1. The lowest BCUT2D eigenvalue weighted by Crippen LogP contribution is -2.42. The van der Waals surface area contributed by atoms with Gasteiger partial charge in [-0.1, -0.05) is 19.1 Å². The first kappa shape index (κ1) is 9.57. The number of nitrogens with one attached hydrogen (secondary N) is 1. The van der Waals surface area contributed by atoms with E-state index in [4.69, 9.17) is 0 Å². The topological polar surface area (TPSA) is 12.0 Å². The highest BCUT2D eigenvalue weighted by molar-refractivity contribution is 5.57. The van der Waals surface area contributed by atoms with Gasteiger partial charge in [0.2, 0.25) is 0 Å². The molecule has 2 rings (SSSR count). The molecule has 0 aromatic heterocycles. The highest BCUT2D eigenvalue weighted by atomic mass is 15.0. The molecule has 0 saturated carbocycles. The van der Waals surface area contributed by atoms with Crippen LogP contribution in [0.25, 0.3) is 0 Å². The first-order valence-corrected chi connectivity index (χ1v) is 5.37. The molecule has 0 aliphatic carbocycles. The second-order valence-electron chi connectivity index (χ2n) is 5.11. The van der Waals surface area contributed by atoms with Crippen molar-refractivity contribution in [3.8, 4) is 0 Å². The Morgan fingerprint density at radius 3 is 2.79 bits per heavy atom. The number of benzene rings is 1. The Morgan fingerprint density at radius 2 is 2.07 bits per heavy atom. The van der Waals surface area contributed by atoms with Crippen molar-refractivity contribution in [2.45, 2.75) is 39.7 Å². The van der Waals surface area contributed by atoms with E-state index in [9.17, 15) is 0 Å². The SMILES string of the molecule is Cc1ccc2c(c1)NC(C)(C)C(C)C2. The molecule has 1 aliphatic heterocycles. The highest BCUT2D eigenvalue weighted by Gasteiger charge is 2.30. The van der Waals surface area contributed by atoms with Crippen molar-refractivity contribution in [1.82, 2.24) is 0 Å². The third-order valence-electron chi connectivity index (χ3n) is 3.48. The maximum absolute atomic E-state index is 3.63. The van der Waals surface area contributed by atoms with Crippen molar-refractivity contribution in [1.29, 1.82) is 0 Å². The number of fused-ring (bicyclic) bond motifs is 1. The Bertz CT molecular complexity index is 352. The van der Waals surface area contributed by atoms with Crippen LogP contribution in [0.5, 0.6) is 0 Å². The van der Waals surface area contributed by atoms with Crippen LogP contribution in [0.3, 0.4) is 0 Å². The lowest BCUT2D eigenvalue weighted by atomic mass is 9.80. The number of anilines is 1. The summed E-state index contributed by atoms with van der Waals surface area (Å²) in [5, 5.41) is 3.63. The average molecular weight is 189 g/mol. The van der Waals surface area contributed by atoms with Crippen molar-refractivity contribution in [3.63, 3.8) is 0 Å². The quantitative estimate of drug-likeness (QED) is 0.659. The molecule has 1 unspecified atom stereocenters. The zero-order valence-corrected chi connectivity index (χ0v) is 9.52. The predicted octanol–water partition coefficient (Wildman–Crippen LogP) is 3.38. The van der Waals surface area contributed by atoms with E-state index in [1.165, 1.54) is 23.2 Å². The van der Waals surface area contributed by atoms with Gasteiger partial charge in [-0.3, -0.25) is 0 Å². The molecule has 0 saturated heterocycles. The van der Waals surface area contributed by atoms with Crippen molar-refractivity contribution in [3.05, 3.63) is 29.3 Å². The van der Waals surface area contributed by atoms with Crippen LogP contribution in [-0.2, 0) is 6.42 Å². The zero-order valence-electron chi connectivity index (χ0n) is 9.52. The molecule has 1 N–H and O–H groups in total. The van der Waals surface area contributed by atoms with Gasteiger partial charge in [0.15, 0.2) is 0 Å². The van der Waals surface area contributed by atoms with E-state index in [-0.39, 0.29) is 5.54 Å². The fraction of sp³-hybridized carbons (Fsp3) is 0.538. The van der Waals surface area contributed by atoms with E-state index in [1.54, 1.807) is 0 Å². The summed E-state index contributed by atoms with van der Waals surface area (Å²) in [6, 6.07) is 6.71. The van der Waals surface area contributed by atoms with E-state index in [2.05, 4.69) is 51.2 Å². The molecular weight excluding hydrogens is 170 g/mol. The Labute approximate surface area is 86.5 Å². The van der Waals surface area contributed by atoms with Gasteiger partial charge >= 0.3 is 0 Å². The maximum Gasteiger partial charge on any atom is 0.0379 e. The van der Waals surface area contributed by atoms with Crippen molar-refractivity contribution >= 4 is 5.69 Å². The Hall–Kier alpha value is -0.980. The van der Waals surface area contributed by atoms with E-state index < -0.39 is 0 Å². The van der Waals surface area contributed by atoms with Crippen LogP contribution in [0.15, 0.2) is 18.2 Å². The maximum atomic E-state index is 3.63. The minimum atomic E-state index is 0.223. The van der Waals surface area contributed by atoms with Crippen molar-refractivity contribution < 1.29 is 0 Å². The van der Waals surface area contributed by atoms with E-state index in [1.807, 2.05) is 0 Å². The van der Waals surface area contributed by atoms with Crippen molar-refractivity contribution in [2.75, 3.05) is 5.32 Å². The molecule has 1 heteroatoms. The van der Waals surface area contributed by atoms with Crippen LogP contribution in [0.4, 0.5) is 5.69 Å². The molecule has 14 heavy (non-hydrogen) atoms. The standard InChI is InChI=1S/C13H19N/c1-9-5-6-11-8-10(2)13(3,4)14-12(11)7-9/h5-7,10,14H,8H2,1-4H3. The van der Waals surface area contributed by atoms with Gasteiger partial charge in [-0.15, -0.1) is 0 Å². The van der Waals surface area contributed by atoms with Crippen LogP contribution in [0, 0.1) is 12.8 Å². The summed E-state index contributed by atoms with van der Waals surface area (Å²) in [5.74, 6) is 0.692. The Kier molecular flexibility index (Phi) is 2.06. The molecule has 0 spiro atoms. The molecule has 0 amide bonds. The summed E-state index contributed by atoms with van der Waals surface area (Å²) in [6.45, 7) is 9.02. The highest BCUT2D eigenvalue weighted by Crippen LogP contribution is 2.34. The summed E-state index contributed by atoms with van der Waals surface area (Å²) in [4.78, 5) is 0. The Morgan fingerprint density at radius 1 is 1.36 bits per heavy atom. The molecule has 0 radical (unpaired) electrons. The largest absolute Gasteiger partial charge is 0.380 e. The first-order valence-electron chi connectivity index (χ1n) is 5.37. The van der Waals surface area contributed by atoms with Gasteiger partial charge in [0.1, 0.15) is 0 Å². The molecule has 1 nitrogen and oxygen atoms in total. The Balaban J connectivity index is 2.41. The van der Waals surface area contributed by atoms with Crippen LogP contribution >= 0.6 is 0 Å². The lowest BCUT2D eigenvalue weighted by molar-refractivity contribution is 0.362. The third kappa shape index (κ3) is 1.52. The summed E-state index contributed by atoms with van der Waals surface area (Å²) in [5.41, 5.74) is 4.35. The van der Waals surface area contributed by atoms with Gasteiger partial charge in [-0.05, 0) is 50.3 Å². The smallest absolute Gasteiger partial charge is 0.0379 e. The minimum absolute atomic E-state index is 0.223. The molecule has 1 aromatic carbocycles. The van der Waals surface area contributed by atoms with Crippen LogP contribution in [0.2, 0.25) is 0 Å². The first-order chi connectivity index (χ1) is 6.49. The van der Waals surface area contributed by atoms with Gasteiger partial charge in [0.25, 0.3) is 0 Å². The van der Waals surface area contributed by atoms with Crippen molar-refractivity contribution in [2.24, 2.45) is 5.92 Å². The summed E-state index contributed by atoms with van der Waals surface area (Å²) < 4.78 is 0. The second-order valence-corrected chi connectivity index (χ2v) is 5.11. The fourth-order valence-electron chi connectivity index (χ4n) is 2.04. The van der Waals surface area contributed by atoms with E-state index in [0.29, 0.717) is 5.92 Å².